The summed E-state index contributed by atoms with van der Waals surface area (Å²) >= 11 is 0. The molecule has 0 aliphatic rings. The Balaban J connectivity index is 2.34. The van der Waals surface area contributed by atoms with E-state index in [4.69, 9.17) is 5.84 Å². The van der Waals surface area contributed by atoms with Gasteiger partial charge in [-0.05, 0) is 48.1 Å². The van der Waals surface area contributed by atoms with Crippen LogP contribution in [0, 0.1) is 13.8 Å². The lowest BCUT2D eigenvalue weighted by Crippen LogP contribution is -2.28. The Morgan fingerprint density at radius 3 is 2.11 bits per heavy atom. The third-order valence-corrected chi connectivity index (χ3v) is 3.75. The molecule has 2 rings (SSSR count). The van der Waals surface area contributed by atoms with E-state index >= 15 is 0 Å². The standard InChI is InChI=1S/C17H22N2/c1-4-14-6-9-15(10-7-14)17(19-18)16-8-5-12(2)13(3)11-16/h5-11,17,19H,4,18H2,1-3H3. The highest BCUT2D eigenvalue weighted by Crippen LogP contribution is 2.23. The lowest BCUT2D eigenvalue weighted by molar-refractivity contribution is 0.636. The van der Waals surface area contributed by atoms with Crippen LogP contribution in [0.5, 0.6) is 0 Å². The molecule has 0 radical (unpaired) electrons. The van der Waals surface area contributed by atoms with Crippen molar-refractivity contribution < 1.29 is 0 Å². The van der Waals surface area contributed by atoms with E-state index in [1.807, 2.05) is 0 Å². The van der Waals surface area contributed by atoms with Gasteiger partial charge in [-0.3, -0.25) is 5.84 Å². The number of aryl methyl sites for hydroxylation is 3. The molecule has 2 heteroatoms. The van der Waals surface area contributed by atoms with Crippen LogP contribution in [0.3, 0.4) is 0 Å². The van der Waals surface area contributed by atoms with E-state index in [2.05, 4.69) is 68.7 Å². The highest BCUT2D eigenvalue weighted by atomic mass is 15.2. The second-order valence-electron chi connectivity index (χ2n) is 5.04. The molecule has 0 amide bonds. The molecule has 2 nitrogen and oxygen atoms in total. The first kappa shape index (κ1) is 13.8. The summed E-state index contributed by atoms with van der Waals surface area (Å²) in [5.41, 5.74) is 9.27. The largest absolute Gasteiger partial charge is 0.271 e. The predicted octanol–water partition coefficient (Wildman–Crippen LogP) is 3.42. The molecule has 1 unspecified atom stereocenters. The van der Waals surface area contributed by atoms with Gasteiger partial charge in [-0.15, -0.1) is 0 Å². The Morgan fingerprint density at radius 1 is 0.947 bits per heavy atom. The molecule has 0 saturated carbocycles. The van der Waals surface area contributed by atoms with Crippen LogP contribution in [0.1, 0.15) is 40.8 Å². The fraction of sp³-hybridized carbons (Fsp3) is 0.294. The molecule has 0 bridgehead atoms. The average Bonchev–Trinajstić information content (AvgIpc) is 2.44. The Hall–Kier alpha value is -1.64. The lowest BCUT2D eigenvalue weighted by atomic mass is 9.95. The van der Waals surface area contributed by atoms with Crippen molar-refractivity contribution in [2.75, 3.05) is 0 Å². The van der Waals surface area contributed by atoms with Crippen molar-refractivity contribution in [3.63, 3.8) is 0 Å². The third-order valence-electron chi connectivity index (χ3n) is 3.75. The molecule has 0 aliphatic carbocycles. The number of hydrogen-bond acceptors (Lipinski definition) is 2. The average molecular weight is 254 g/mol. The number of nitrogens with one attached hydrogen (secondary N) is 1. The van der Waals surface area contributed by atoms with Gasteiger partial charge in [0, 0.05) is 0 Å². The van der Waals surface area contributed by atoms with Gasteiger partial charge in [0.2, 0.25) is 0 Å². The van der Waals surface area contributed by atoms with E-state index in [1.54, 1.807) is 0 Å². The fourth-order valence-electron chi connectivity index (χ4n) is 2.27. The number of hydrazine groups is 1. The van der Waals surface area contributed by atoms with E-state index in [0.717, 1.165) is 6.42 Å². The van der Waals surface area contributed by atoms with Gasteiger partial charge in [-0.1, -0.05) is 49.4 Å². The van der Waals surface area contributed by atoms with Gasteiger partial charge in [0.25, 0.3) is 0 Å². The molecule has 19 heavy (non-hydrogen) atoms. The van der Waals surface area contributed by atoms with E-state index in [0.29, 0.717) is 0 Å². The van der Waals surface area contributed by atoms with Gasteiger partial charge < -0.3 is 0 Å². The Morgan fingerprint density at radius 2 is 1.58 bits per heavy atom. The van der Waals surface area contributed by atoms with Crippen LogP contribution in [-0.4, -0.2) is 0 Å². The van der Waals surface area contributed by atoms with Gasteiger partial charge in [0.1, 0.15) is 0 Å². The van der Waals surface area contributed by atoms with Crippen LogP contribution in [0.2, 0.25) is 0 Å². The van der Waals surface area contributed by atoms with Gasteiger partial charge in [-0.25, -0.2) is 5.43 Å². The molecule has 100 valence electrons. The van der Waals surface area contributed by atoms with Crippen LogP contribution in [0.15, 0.2) is 42.5 Å². The molecule has 0 saturated heterocycles. The van der Waals surface area contributed by atoms with E-state index in [1.165, 1.54) is 27.8 Å². The first-order valence-electron chi connectivity index (χ1n) is 6.77. The number of benzene rings is 2. The van der Waals surface area contributed by atoms with Gasteiger partial charge in [-0.2, -0.15) is 0 Å². The normalized spacial score (nSPS) is 12.4. The monoisotopic (exact) mass is 254 g/mol. The van der Waals surface area contributed by atoms with Crippen molar-refractivity contribution >= 4 is 0 Å². The minimum absolute atomic E-state index is 0.0465. The molecule has 0 heterocycles. The first-order chi connectivity index (χ1) is 9.15. The SMILES string of the molecule is CCc1ccc(C(NN)c2ccc(C)c(C)c2)cc1. The van der Waals surface area contributed by atoms with Crippen LogP contribution >= 0.6 is 0 Å². The van der Waals surface area contributed by atoms with Gasteiger partial charge in [0.05, 0.1) is 6.04 Å². The van der Waals surface area contributed by atoms with Crippen molar-refractivity contribution in [3.05, 3.63) is 70.3 Å². The van der Waals surface area contributed by atoms with Gasteiger partial charge in [0.15, 0.2) is 0 Å². The zero-order chi connectivity index (χ0) is 13.8. The molecule has 0 fully saturated rings. The first-order valence-corrected chi connectivity index (χ1v) is 6.77. The Labute approximate surface area is 115 Å². The molecule has 2 aromatic rings. The predicted molar refractivity (Wildman–Crippen MR) is 80.9 cm³/mol. The zero-order valence-corrected chi connectivity index (χ0v) is 11.9. The summed E-state index contributed by atoms with van der Waals surface area (Å²) in [6.45, 7) is 6.42. The molecule has 0 aromatic heterocycles. The minimum atomic E-state index is 0.0465. The van der Waals surface area contributed by atoms with Crippen LogP contribution in [-0.2, 0) is 6.42 Å². The number of nitrogens with two attached hydrogens (primary N) is 1. The smallest absolute Gasteiger partial charge is 0.0710 e. The quantitative estimate of drug-likeness (QED) is 0.648. The summed E-state index contributed by atoms with van der Waals surface area (Å²) in [5, 5.41) is 0. The Bertz CT molecular complexity index is 544. The molecule has 3 N–H and O–H groups in total. The maximum Gasteiger partial charge on any atom is 0.0710 e. The van der Waals surface area contributed by atoms with Crippen molar-refractivity contribution in [1.82, 2.24) is 5.43 Å². The van der Waals surface area contributed by atoms with Crippen molar-refractivity contribution in [3.8, 4) is 0 Å². The molecule has 0 aliphatic heterocycles. The Kier molecular flexibility index (Phi) is 4.35. The van der Waals surface area contributed by atoms with Gasteiger partial charge >= 0.3 is 0 Å². The van der Waals surface area contributed by atoms with Crippen LogP contribution in [0.25, 0.3) is 0 Å². The molecular formula is C17H22N2. The van der Waals surface area contributed by atoms with Crippen molar-refractivity contribution in [1.29, 1.82) is 0 Å². The summed E-state index contributed by atoms with van der Waals surface area (Å²) in [6.07, 6.45) is 1.06. The van der Waals surface area contributed by atoms with Crippen LogP contribution < -0.4 is 11.3 Å². The van der Waals surface area contributed by atoms with E-state index < -0.39 is 0 Å². The zero-order valence-electron chi connectivity index (χ0n) is 11.9. The summed E-state index contributed by atoms with van der Waals surface area (Å²) in [6, 6.07) is 15.2. The molecule has 2 aromatic carbocycles. The second-order valence-corrected chi connectivity index (χ2v) is 5.04. The van der Waals surface area contributed by atoms with Crippen molar-refractivity contribution in [2.45, 2.75) is 33.2 Å². The summed E-state index contributed by atoms with van der Waals surface area (Å²) in [4.78, 5) is 0. The molecule has 1 atom stereocenters. The summed E-state index contributed by atoms with van der Waals surface area (Å²) in [5.74, 6) is 5.75. The van der Waals surface area contributed by atoms with E-state index in [-0.39, 0.29) is 6.04 Å². The van der Waals surface area contributed by atoms with E-state index in [9.17, 15) is 0 Å². The highest BCUT2D eigenvalue weighted by molar-refractivity contribution is 5.37. The second kappa shape index (κ2) is 6.00. The maximum absolute atomic E-state index is 5.75. The summed E-state index contributed by atoms with van der Waals surface area (Å²) in [7, 11) is 0. The lowest BCUT2D eigenvalue weighted by Gasteiger charge is -2.18. The fourth-order valence-corrected chi connectivity index (χ4v) is 2.27. The minimum Gasteiger partial charge on any atom is -0.271 e. The maximum atomic E-state index is 5.75. The topological polar surface area (TPSA) is 38.0 Å². The summed E-state index contributed by atoms with van der Waals surface area (Å²) < 4.78 is 0. The third kappa shape index (κ3) is 3.03. The molecular weight excluding hydrogens is 232 g/mol. The van der Waals surface area contributed by atoms with Crippen molar-refractivity contribution in [2.24, 2.45) is 5.84 Å². The number of rotatable bonds is 4. The molecule has 0 spiro atoms. The highest BCUT2D eigenvalue weighted by Gasteiger charge is 2.12. The van der Waals surface area contributed by atoms with Crippen LogP contribution in [0.4, 0.5) is 0 Å². The number of hydrogen-bond donors (Lipinski definition) is 2.